The van der Waals surface area contributed by atoms with Gasteiger partial charge in [-0.3, -0.25) is 4.79 Å². The number of ketones is 1. The van der Waals surface area contributed by atoms with E-state index in [1.165, 1.54) is 25.3 Å². The number of pyridine rings is 2. The average Bonchev–Trinajstić information content (AvgIpc) is 3.11. The van der Waals surface area contributed by atoms with Crippen LogP contribution in [0.4, 0.5) is 4.39 Å². The summed E-state index contributed by atoms with van der Waals surface area (Å²) in [6.07, 6.45) is 1.76. The Morgan fingerprint density at radius 2 is 1.76 bits per heavy atom. The normalized spacial score (nSPS) is 10.9. The standard InChI is InChI=1S/C22H16FN3O3/c1-13-10-11-18-19(21(27)16-8-5-9-17(24-16)22(28)29-2)20(25-26(18)12-13)14-6-3-4-7-15(14)23/h3-12H,1-2H3. The maximum atomic E-state index is 14.5. The molecule has 0 spiro atoms. The molecule has 0 saturated carbocycles. The second-order valence-corrected chi connectivity index (χ2v) is 6.47. The van der Waals surface area contributed by atoms with Crippen LogP contribution in [0, 0.1) is 12.7 Å². The van der Waals surface area contributed by atoms with Gasteiger partial charge in [0.1, 0.15) is 22.9 Å². The molecule has 0 saturated heterocycles. The third kappa shape index (κ3) is 3.27. The van der Waals surface area contributed by atoms with Crippen LogP contribution in [-0.4, -0.2) is 33.5 Å². The Morgan fingerprint density at radius 1 is 1.00 bits per heavy atom. The van der Waals surface area contributed by atoms with Crippen molar-refractivity contribution >= 4 is 17.3 Å². The van der Waals surface area contributed by atoms with Crippen molar-refractivity contribution in [2.24, 2.45) is 0 Å². The van der Waals surface area contributed by atoms with E-state index in [-0.39, 0.29) is 28.2 Å². The van der Waals surface area contributed by atoms with Crippen LogP contribution in [0.1, 0.15) is 32.1 Å². The zero-order valence-electron chi connectivity index (χ0n) is 15.7. The molecule has 6 nitrogen and oxygen atoms in total. The minimum absolute atomic E-state index is 0.0121. The molecule has 0 aliphatic rings. The van der Waals surface area contributed by atoms with E-state index < -0.39 is 17.6 Å². The number of methoxy groups -OCH3 is 1. The number of hydrogen-bond donors (Lipinski definition) is 0. The molecule has 4 aromatic rings. The first kappa shape index (κ1) is 18.5. The Balaban J connectivity index is 1.95. The van der Waals surface area contributed by atoms with Gasteiger partial charge < -0.3 is 4.74 Å². The molecule has 7 heteroatoms. The fourth-order valence-electron chi connectivity index (χ4n) is 3.13. The van der Waals surface area contributed by atoms with Gasteiger partial charge >= 0.3 is 5.97 Å². The number of benzene rings is 1. The molecule has 0 unspecified atom stereocenters. The van der Waals surface area contributed by atoms with E-state index in [1.54, 1.807) is 41.0 Å². The van der Waals surface area contributed by atoms with E-state index in [0.29, 0.717) is 5.52 Å². The van der Waals surface area contributed by atoms with Crippen molar-refractivity contribution < 1.29 is 18.7 Å². The molecule has 0 aliphatic heterocycles. The molecule has 0 radical (unpaired) electrons. The van der Waals surface area contributed by atoms with E-state index in [2.05, 4.69) is 14.8 Å². The number of ether oxygens (including phenoxy) is 1. The van der Waals surface area contributed by atoms with Gasteiger partial charge in [0, 0.05) is 11.8 Å². The summed E-state index contributed by atoms with van der Waals surface area (Å²) in [5.74, 6) is -1.60. The number of carbonyl (C=O) groups excluding carboxylic acids is 2. The number of rotatable bonds is 4. The summed E-state index contributed by atoms with van der Waals surface area (Å²) in [6, 6.07) is 14.2. The number of halogens is 1. The Kier molecular flexibility index (Phi) is 4.64. The molecular formula is C22H16FN3O3. The van der Waals surface area contributed by atoms with E-state index in [4.69, 9.17) is 0 Å². The van der Waals surface area contributed by atoms with E-state index >= 15 is 0 Å². The second kappa shape index (κ2) is 7.27. The van der Waals surface area contributed by atoms with Crippen LogP contribution in [0.5, 0.6) is 0 Å². The van der Waals surface area contributed by atoms with Crippen molar-refractivity contribution in [3.63, 3.8) is 0 Å². The number of carbonyl (C=O) groups is 2. The summed E-state index contributed by atoms with van der Waals surface area (Å²) >= 11 is 0. The van der Waals surface area contributed by atoms with Crippen LogP contribution >= 0.6 is 0 Å². The topological polar surface area (TPSA) is 73.6 Å². The number of fused-ring (bicyclic) bond motifs is 1. The second-order valence-electron chi connectivity index (χ2n) is 6.47. The molecule has 0 amide bonds. The summed E-state index contributed by atoms with van der Waals surface area (Å²) in [5, 5.41) is 4.46. The van der Waals surface area contributed by atoms with Gasteiger partial charge in [0.2, 0.25) is 5.78 Å². The highest BCUT2D eigenvalue weighted by Gasteiger charge is 2.25. The molecule has 29 heavy (non-hydrogen) atoms. The van der Waals surface area contributed by atoms with Crippen LogP contribution in [-0.2, 0) is 4.74 Å². The molecule has 0 bridgehead atoms. The van der Waals surface area contributed by atoms with E-state index in [0.717, 1.165) is 5.56 Å². The molecule has 0 atom stereocenters. The van der Waals surface area contributed by atoms with Crippen molar-refractivity contribution in [2.75, 3.05) is 7.11 Å². The third-order valence-electron chi connectivity index (χ3n) is 4.51. The maximum absolute atomic E-state index is 14.5. The van der Waals surface area contributed by atoms with Crippen molar-refractivity contribution in [1.29, 1.82) is 0 Å². The number of aromatic nitrogens is 3. The molecule has 0 N–H and O–H groups in total. The van der Waals surface area contributed by atoms with Crippen LogP contribution in [0.15, 0.2) is 60.8 Å². The van der Waals surface area contributed by atoms with Crippen molar-refractivity contribution in [1.82, 2.24) is 14.6 Å². The van der Waals surface area contributed by atoms with Crippen molar-refractivity contribution in [2.45, 2.75) is 6.92 Å². The number of nitrogens with zero attached hydrogens (tertiary/aromatic N) is 3. The van der Waals surface area contributed by atoms with Crippen LogP contribution in [0.3, 0.4) is 0 Å². The number of hydrogen-bond acceptors (Lipinski definition) is 5. The summed E-state index contributed by atoms with van der Waals surface area (Å²) in [6.45, 7) is 1.90. The van der Waals surface area contributed by atoms with Gasteiger partial charge in [-0.1, -0.05) is 24.3 Å². The summed E-state index contributed by atoms with van der Waals surface area (Å²) in [7, 11) is 1.24. The first-order valence-corrected chi connectivity index (χ1v) is 8.83. The van der Waals surface area contributed by atoms with Gasteiger partial charge in [-0.15, -0.1) is 0 Å². The maximum Gasteiger partial charge on any atom is 0.356 e. The first-order valence-electron chi connectivity index (χ1n) is 8.83. The predicted molar refractivity (Wildman–Crippen MR) is 104 cm³/mol. The van der Waals surface area contributed by atoms with Crippen molar-refractivity contribution in [3.8, 4) is 11.3 Å². The lowest BCUT2D eigenvalue weighted by Crippen LogP contribution is -2.10. The Hall–Kier alpha value is -3.87. The highest BCUT2D eigenvalue weighted by atomic mass is 19.1. The van der Waals surface area contributed by atoms with Crippen LogP contribution in [0.25, 0.3) is 16.8 Å². The smallest absolute Gasteiger partial charge is 0.356 e. The summed E-state index contributed by atoms with van der Waals surface area (Å²) < 4.78 is 20.7. The average molecular weight is 389 g/mol. The SMILES string of the molecule is COC(=O)c1cccc(C(=O)c2c(-c3ccccc3F)nn3cc(C)ccc23)n1. The molecule has 0 fully saturated rings. The zero-order chi connectivity index (χ0) is 20.5. The minimum Gasteiger partial charge on any atom is -0.464 e. The van der Waals surface area contributed by atoms with Gasteiger partial charge in [0.15, 0.2) is 0 Å². The Morgan fingerprint density at radius 3 is 2.52 bits per heavy atom. The zero-order valence-corrected chi connectivity index (χ0v) is 15.7. The van der Waals surface area contributed by atoms with Crippen LogP contribution in [0.2, 0.25) is 0 Å². The largest absolute Gasteiger partial charge is 0.464 e. The molecule has 144 valence electrons. The fourth-order valence-corrected chi connectivity index (χ4v) is 3.13. The lowest BCUT2D eigenvalue weighted by molar-refractivity contribution is 0.0594. The fraction of sp³-hybridized carbons (Fsp3) is 0.0909. The Labute approximate surface area is 165 Å². The lowest BCUT2D eigenvalue weighted by Gasteiger charge is -2.05. The van der Waals surface area contributed by atoms with Gasteiger partial charge in [-0.2, -0.15) is 5.10 Å². The first-order chi connectivity index (χ1) is 14.0. The summed E-state index contributed by atoms with van der Waals surface area (Å²) in [4.78, 5) is 29.3. The molecule has 3 aromatic heterocycles. The van der Waals surface area contributed by atoms with Crippen LogP contribution < -0.4 is 0 Å². The highest BCUT2D eigenvalue weighted by molar-refractivity contribution is 6.16. The molecule has 3 heterocycles. The quantitative estimate of drug-likeness (QED) is 0.391. The number of aryl methyl sites for hydroxylation is 1. The lowest BCUT2D eigenvalue weighted by atomic mass is 10.0. The van der Waals surface area contributed by atoms with E-state index in [9.17, 15) is 14.0 Å². The summed E-state index contributed by atoms with van der Waals surface area (Å²) in [5.41, 5.74) is 2.14. The molecular weight excluding hydrogens is 373 g/mol. The molecule has 0 aliphatic carbocycles. The van der Waals surface area contributed by atoms with Gasteiger partial charge in [0.25, 0.3) is 0 Å². The molecule has 1 aromatic carbocycles. The van der Waals surface area contributed by atoms with Crippen molar-refractivity contribution in [3.05, 3.63) is 89.1 Å². The minimum atomic E-state index is -0.649. The number of esters is 1. The van der Waals surface area contributed by atoms with Gasteiger partial charge in [0.05, 0.1) is 18.2 Å². The highest BCUT2D eigenvalue weighted by Crippen LogP contribution is 2.30. The van der Waals surface area contributed by atoms with Gasteiger partial charge in [-0.05, 0) is 42.8 Å². The van der Waals surface area contributed by atoms with Gasteiger partial charge in [-0.25, -0.2) is 18.7 Å². The Bertz CT molecular complexity index is 1260. The monoisotopic (exact) mass is 389 g/mol. The molecule has 4 rings (SSSR count). The third-order valence-corrected chi connectivity index (χ3v) is 4.51. The predicted octanol–water partition coefficient (Wildman–Crippen LogP) is 3.86. The van der Waals surface area contributed by atoms with E-state index in [1.807, 2.05) is 13.0 Å².